The minimum atomic E-state index is 0.606. The molecule has 5 nitrogen and oxygen atoms in total. The van der Waals surface area contributed by atoms with Crippen molar-refractivity contribution in [2.75, 3.05) is 0 Å². The Kier molecular flexibility index (Phi) is 6.05. The average molecular weight is 671 g/mol. The van der Waals surface area contributed by atoms with E-state index in [1.54, 1.807) is 0 Å². The van der Waals surface area contributed by atoms with Crippen molar-refractivity contribution >= 4 is 75.3 Å². The summed E-state index contributed by atoms with van der Waals surface area (Å²) in [4.78, 5) is 15.0. The number of furan rings is 1. The highest BCUT2D eigenvalue weighted by Crippen LogP contribution is 2.44. The Balaban J connectivity index is 1.15. The van der Waals surface area contributed by atoms with Crippen LogP contribution < -0.4 is 0 Å². The molecule has 4 aromatic heterocycles. The van der Waals surface area contributed by atoms with Crippen LogP contribution in [0, 0.1) is 0 Å². The van der Waals surface area contributed by atoms with Crippen molar-refractivity contribution < 1.29 is 4.42 Å². The number of nitrogens with zero attached hydrogens (tertiary/aromatic N) is 4. The average Bonchev–Trinajstić information content (AvgIpc) is 3.87. The summed E-state index contributed by atoms with van der Waals surface area (Å²) in [5, 5.41) is 7.05. The molecule has 0 amide bonds. The lowest BCUT2D eigenvalue weighted by molar-refractivity contribution is 0.668. The second-order valence-corrected chi connectivity index (χ2v) is 13.8. The zero-order valence-corrected chi connectivity index (χ0v) is 27.9. The Bertz CT molecular complexity index is 3080. The van der Waals surface area contributed by atoms with Crippen LogP contribution in [0.4, 0.5) is 0 Å². The Morgan fingerprint density at radius 1 is 0.471 bits per heavy atom. The smallest absolute Gasteiger partial charge is 0.164 e. The van der Waals surface area contributed by atoms with Crippen molar-refractivity contribution in [1.82, 2.24) is 19.5 Å². The molecule has 0 fully saturated rings. The molecule has 11 aromatic rings. The molecule has 0 spiro atoms. The van der Waals surface area contributed by atoms with Gasteiger partial charge in [-0.2, -0.15) is 0 Å². The summed E-state index contributed by atoms with van der Waals surface area (Å²) in [5.41, 5.74) is 7.81. The lowest BCUT2D eigenvalue weighted by Gasteiger charge is -2.10. The van der Waals surface area contributed by atoms with E-state index in [0.29, 0.717) is 17.5 Å². The number of para-hydroxylation sites is 1. The number of hydrogen-bond donors (Lipinski definition) is 0. The number of thiophene rings is 1. The second-order valence-electron chi connectivity index (χ2n) is 12.8. The van der Waals surface area contributed by atoms with Crippen LogP contribution in [0.1, 0.15) is 0 Å². The highest BCUT2D eigenvalue weighted by Gasteiger charge is 2.21. The molecule has 0 bridgehead atoms. The molecule has 0 unspecified atom stereocenters. The van der Waals surface area contributed by atoms with Crippen LogP contribution in [0.15, 0.2) is 162 Å². The monoisotopic (exact) mass is 670 g/mol. The first-order valence-corrected chi connectivity index (χ1v) is 17.8. The molecule has 0 aliphatic carbocycles. The van der Waals surface area contributed by atoms with E-state index in [9.17, 15) is 0 Å². The third kappa shape index (κ3) is 4.30. The summed E-state index contributed by atoms with van der Waals surface area (Å²) in [6.45, 7) is 0. The molecule has 11 rings (SSSR count). The molecule has 238 valence electrons. The zero-order valence-electron chi connectivity index (χ0n) is 27.1. The van der Waals surface area contributed by atoms with E-state index in [1.165, 1.54) is 42.0 Å². The van der Waals surface area contributed by atoms with Gasteiger partial charge in [-0.1, -0.05) is 121 Å². The zero-order chi connectivity index (χ0) is 33.5. The number of hydrogen-bond acceptors (Lipinski definition) is 5. The van der Waals surface area contributed by atoms with E-state index < -0.39 is 0 Å². The summed E-state index contributed by atoms with van der Waals surface area (Å²) in [5.74, 6) is 1.87. The number of benzene rings is 7. The van der Waals surface area contributed by atoms with Crippen molar-refractivity contribution in [2.45, 2.75) is 0 Å². The Morgan fingerprint density at radius 2 is 1.12 bits per heavy atom. The molecule has 0 radical (unpaired) electrons. The molecule has 0 aliphatic heterocycles. The first-order valence-electron chi connectivity index (χ1n) is 16.9. The topological polar surface area (TPSA) is 56.7 Å². The fourth-order valence-electron chi connectivity index (χ4n) is 7.57. The maximum absolute atomic E-state index is 6.66. The molecular formula is C45H26N4OS. The van der Waals surface area contributed by atoms with Gasteiger partial charge in [0.15, 0.2) is 17.5 Å². The van der Waals surface area contributed by atoms with Gasteiger partial charge in [0.2, 0.25) is 0 Å². The van der Waals surface area contributed by atoms with Gasteiger partial charge >= 0.3 is 0 Å². The number of rotatable bonds is 4. The Hall–Kier alpha value is -6.63. The lowest BCUT2D eigenvalue weighted by Crippen LogP contribution is -2.00. The number of aromatic nitrogens is 4. The first kappa shape index (κ1) is 28.2. The summed E-state index contributed by atoms with van der Waals surface area (Å²) in [6.07, 6.45) is 0. The van der Waals surface area contributed by atoms with Crippen LogP contribution in [0.3, 0.4) is 0 Å². The number of fused-ring (bicyclic) bond motifs is 10. The normalized spacial score (nSPS) is 11.9. The van der Waals surface area contributed by atoms with Crippen LogP contribution in [0.25, 0.3) is 104 Å². The summed E-state index contributed by atoms with van der Waals surface area (Å²) in [6, 6.07) is 54.8. The maximum Gasteiger partial charge on any atom is 0.164 e. The maximum atomic E-state index is 6.66. The first-order chi connectivity index (χ1) is 25.3. The van der Waals surface area contributed by atoms with E-state index in [2.05, 4.69) is 89.5 Å². The predicted molar refractivity (Wildman–Crippen MR) is 211 cm³/mol. The van der Waals surface area contributed by atoms with Crippen molar-refractivity contribution in [3.8, 4) is 39.9 Å². The lowest BCUT2D eigenvalue weighted by atomic mass is 10.0. The standard InChI is InChI=1S/C45H26N4OS/c1-3-12-27(13-4-1)43-46-44(28-14-5-2-6-15-28)48-45(47-43)35-18-11-20-37-40(35)34-23-22-29(26-38(34)50-37)49-36-19-9-7-16-30(36)32-24-25-33-31-17-8-10-21-39(31)51-42(33)41(32)49/h1-26H. The molecular weight excluding hydrogens is 645 g/mol. The Labute approximate surface area is 295 Å². The van der Waals surface area contributed by atoms with Crippen molar-refractivity contribution in [2.24, 2.45) is 0 Å². The molecule has 51 heavy (non-hydrogen) atoms. The van der Waals surface area contributed by atoms with E-state index in [0.717, 1.165) is 44.3 Å². The Morgan fingerprint density at radius 3 is 1.90 bits per heavy atom. The van der Waals surface area contributed by atoms with Gasteiger partial charge in [0.25, 0.3) is 0 Å². The molecule has 7 aromatic carbocycles. The summed E-state index contributed by atoms with van der Waals surface area (Å²) < 4.78 is 11.6. The van der Waals surface area contributed by atoms with Crippen LogP contribution in [0.2, 0.25) is 0 Å². The largest absolute Gasteiger partial charge is 0.456 e. The van der Waals surface area contributed by atoms with Gasteiger partial charge < -0.3 is 8.98 Å². The van der Waals surface area contributed by atoms with E-state index >= 15 is 0 Å². The van der Waals surface area contributed by atoms with Gasteiger partial charge in [-0.15, -0.1) is 11.3 Å². The third-order valence-corrected chi connectivity index (χ3v) is 11.1. The minimum absolute atomic E-state index is 0.606. The highest BCUT2D eigenvalue weighted by atomic mass is 32.1. The highest BCUT2D eigenvalue weighted by molar-refractivity contribution is 7.26. The summed E-state index contributed by atoms with van der Waals surface area (Å²) in [7, 11) is 0. The van der Waals surface area contributed by atoms with E-state index in [1.807, 2.05) is 84.1 Å². The fourth-order valence-corrected chi connectivity index (χ4v) is 8.81. The van der Waals surface area contributed by atoms with Crippen molar-refractivity contribution in [3.63, 3.8) is 0 Å². The third-order valence-electron chi connectivity index (χ3n) is 9.86. The van der Waals surface area contributed by atoms with Gasteiger partial charge in [-0.3, -0.25) is 0 Å². The van der Waals surface area contributed by atoms with Gasteiger partial charge in [0, 0.05) is 65.5 Å². The van der Waals surface area contributed by atoms with E-state index in [4.69, 9.17) is 19.4 Å². The molecule has 0 saturated heterocycles. The second kappa shape index (κ2) is 10.9. The molecule has 0 N–H and O–H groups in total. The molecule has 0 atom stereocenters. The van der Waals surface area contributed by atoms with Gasteiger partial charge in [0.1, 0.15) is 11.2 Å². The minimum Gasteiger partial charge on any atom is -0.456 e. The molecule has 6 heteroatoms. The van der Waals surface area contributed by atoms with Crippen molar-refractivity contribution in [3.05, 3.63) is 158 Å². The SMILES string of the molecule is c1ccc(-c2nc(-c3ccccc3)nc(-c3cccc4oc5cc(-n6c7ccccc7c7ccc8c9ccccc9sc8c76)ccc5c34)n2)cc1. The van der Waals surface area contributed by atoms with Crippen LogP contribution in [-0.4, -0.2) is 19.5 Å². The van der Waals surface area contributed by atoms with Crippen LogP contribution in [-0.2, 0) is 0 Å². The molecule has 0 saturated carbocycles. The predicted octanol–water partition coefficient (Wildman–Crippen LogP) is 12.2. The van der Waals surface area contributed by atoms with Crippen LogP contribution in [0.5, 0.6) is 0 Å². The van der Waals surface area contributed by atoms with Crippen LogP contribution >= 0.6 is 11.3 Å². The molecule has 0 aliphatic rings. The quantitative estimate of drug-likeness (QED) is 0.187. The molecule has 4 heterocycles. The van der Waals surface area contributed by atoms with Gasteiger partial charge in [-0.05, 0) is 30.3 Å². The van der Waals surface area contributed by atoms with Gasteiger partial charge in [0.05, 0.1) is 15.7 Å². The van der Waals surface area contributed by atoms with Crippen molar-refractivity contribution in [1.29, 1.82) is 0 Å². The fraction of sp³-hybridized carbons (Fsp3) is 0. The van der Waals surface area contributed by atoms with E-state index in [-0.39, 0.29) is 0 Å². The summed E-state index contributed by atoms with van der Waals surface area (Å²) >= 11 is 1.86. The van der Waals surface area contributed by atoms with Gasteiger partial charge in [-0.25, -0.2) is 15.0 Å².